The molecule has 112 valence electrons. The van der Waals surface area contributed by atoms with E-state index in [1.54, 1.807) is 19.9 Å². The van der Waals surface area contributed by atoms with Crippen LogP contribution in [0.15, 0.2) is 18.2 Å². The number of halogens is 2. The third-order valence-corrected chi connectivity index (χ3v) is 3.33. The van der Waals surface area contributed by atoms with Crippen LogP contribution in [0.3, 0.4) is 0 Å². The van der Waals surface area contributed by atoms with Crippen molar-refractivity contribution >= 4 is 35.7 Å². The van der Waals surface area contributed by atoms with Crippen LogP contribution in [-0.2, 0) is 9.53 Å². The molecule has 0 radical (unpaired) electrons. The summed E-state index contributed by atoms with van der Waals surface area (Å²) in [5.41, 5.74) is 5.21. The molecule has 20 heavy (non-hydrogen) atoms. The van der Waals surface area contributed by atoms with E-state index in [1.807, 2.05) is 0 Å². The van der Waals surface area contributed by atoms with Crippen molar-refractivity contribution in [2.24, 2.45) is 11.1 Å². The van der Waals surface area contributed by atoms with Crippen LogP contribution in [0, 0.1) is 15.5 Å². The van der Waals surface area contributed by atoms with Crippen LogP contribution in [-0.4, -0.2) is 18.0 Å². The second-order valence-electron chi connectivity index (χ2n) is 4.66. The first-order valence-corrected chi connectivity index (χ1v) is 5.87. The van der Waals surface area contributed by atoms with Crippen LogP contribution in [0.4, 0.5) is 5.69 Å². The van der Waals surface area contributed by atoms with Gasteiger partial charge in [0.2, 0.25) is 0 Å². The number of rotatable bonds is 4. The summed E-state index contributed by atoms with van der Waals surface area (Å²) in [7, 11) is 1.26. The molecule has 1 aromatic carbocycles. The van der Waals surface area contributed by atoms with E-state index in [1.165, 1.54) is 19.2 Å². The Morgan fingerprint density at radius 3 is 2.50 bits per heavy atom. The van der Waals surface area contributed by atoms with Gasteiger partial charge in [-0.15, -0.1) is 12.4 Å². The molecule has 0 saturated heterocycles. The highest BCUT2D eigenvalue weighted by Gasteiger charge is 2.37. The van der Waals surface area contributed by atoms with Gasteiger partial charge in [0.05, 0.1) is 17.4 Å². The molecule has 6 nitrogen and oxygen atoms in total. The van der Waals surface area contributed by atoms with Gasteiger partial charge in [0.25, 0.3) is 5.69 Å². The molecule has 0 heterocycles. The van der Waals surface area contributed by atoms with Crippen LogP contribution >= 0.6 is 24.0 Å². The number of carbonyl (C=O) groups is 1. The summed E-state index contributed by atoms with van der Waals surface area (Å²) in [6, 6.07) is 3.49. The number of nitrogens with two attached hydrogens (primary N) is 1. The number of ether oxygens (including phenoxy) is 1. The maximum absolute atomic E-state index is 11.7. The fraction of sp³-hybridized carbons (Fsp3) is 0.417. The molecule has 1 aromatic rings. The summed E-state index contributed by atoms with van der Waals surface area (Å²) < 4.78 is 4.68. The first-order valence-electron chi connectivity index (χ1n) is 5.49. The Morgan fingerprint density at radius 1 is 1.50 bits per heavy atom. The van der Waals surface area contributed by atoms with Gasteiger partial charge in [0, 0.05) is 12.1 Å². The molecule has 0 aromatic heterocycles. The number of hydrogen-bond donors (Lipinski definition) is 1. The van der Waals surface area contributed by atoms with E-state index >= 15 is 0 Å². The van der Waals surface area contributed by atoms with Crippen LogP contribution in [0.1, 0.15) is 25.5 Å². The van der Waals surface area contributed by atoms with Crippen LogP contribution in [0.2, 0.25) is 5.02 Å². The molecule has 1 atom stereocenters. The second kappa shape index (κ2) is 6.88. The number of hydrogen-bond acceptors (Lipinski definition) is 5. The third kappa shape index (κ3) is 3.59. The SMILES string of the molecule is COC(=O)C(C)(C)[C@H](N)c1ccc(Cl)c([N+](=O)[O-])c1.Cl. The van der Waals surface area contributed by atoms with Crippen molar-refractivity contribution in [3.8, 4) is 0 Å². The van der Waals surface area contributed by atoms with Crippen molar-refractivity contribution in [3.05, 3.63) is 38.9 Å². The van der Waals surface area contributed by atoms with E-state index in [-0.39, 0.29) is 23.1 Å². The van der Waals surface area contributed by atoms with Gasteiger partial charge in [-0.05, 0) is 25.5 Å². The van der Waals surface area contributed by atoms with Gasteiger partial charge in [0.15, 0.2) is 0 Å². The van der Waals surface area contributed by atoms with Crippen molar-refractivity contribution < 1.29 is 14.5 Å². The standard InChI is InChI=1S/C12H15ClN2O4.ClH/c1-12(2,11(16)19-3)10(14)7-4-5-8(13)9(6-7)15(17)18;/h4-6,10H,14H2,1-3H3;1H/t10-;/m1./s1. The molecule has 0 unspecified atom stereocenters. The summed E-state index contributed by atoms with van der Waals surface area (Å²) in [6.45, 7) is 3.23. The maximum Gasteiger partial charge on any atom is 0.313 e. The van der Waals surface area contributed by atoms with Crippen LogP contribution in [0.25, 0.3) is 0 Å². The van der Waals surface area contributed by atoms with Gasteiger partial charge in [-0.3, -0.25) is 14.9 Å². The Labute approximate surface area is 127 Å². The maximum atomic E-state index is 11.7. The second-order valence-corrected chi connectivity index (χ2v) is 5.07. The summed E-state index contributed by atoms with van der Waals surface area (Å²) in [6.07, 6.45) is 0. The lowest BCUT2D eigenvalue weighted by Crippen LogP contribution is -2.37. The predicted octanol–water partition coefficient (Wildman–Crippen LogP) is 2.87. The molecule has 0 bridgehead atoms. The van der Waals surface area contributed by atoms with E-state index in [0.29, 0.717) is 5.56 Å². The van der Waals surface area contributed by atoms with Crippen molar-refractivity contribution in [1.82, 2.24) is 0 Å². The molecule has 0 aliphatic rings. The molecule has 1 rings (SSSR count). The minimum atomic E-state index is -1.00. The fourth-order valence-corrected chi connectivity index (χ4v) is 1.86. The molecule has 0 saturated carbocycles. The molecule has 0 aliphatic heterocycles. The molecular weight excluding hydrogens is 307 g/mol. The molecule has 0 spiro atoms. The number of esters is 1. The lowest BCUT2D eigenvalue weighted by atomic mass is 9.81. The van der Waals surface area contributed by atoms with Crippen molar-refractivity contribution in [3.63, 3.8) is 0 Å². The first-order chi connectivity index (χ1) is 8.71. The Balaban J connectivity index is 0.00000361. The van der Waals surface area contributed by atoms with E-state index in [2.05, 4.69) is 4.74 Å². The Hall–Kier alpha value is -1.37. The molecule has 2 N–H and O–H groups in total. The number of benzene rings is 1. The number of carbonyl (C=O) groups excluding carboxylic acids is 1. The van der Waals surface area contributed by atoms with Gasteiger partial charge in [-0.25, -0.2) is 0 Å². The minimum Gasteiger partial charge on any atom is -0.469 e. The largest absolute Gasteiger partial charge is 0.469 e. The van der Waals surface area contributed by atoms with Gasteiger partial charge in [-0.2, -0.15) is 0 Å². The highest BCUT2D eigenvalue weighted by molar-refractivity contribution is 6.32. The molecule has 0 fully saturated rings. The summed E-state index contributed by atoms with van der Waals surface area (Å²) in [5.74, 6) is -0.488. The smallest absolute Gasteiger partial charge is 0.313 e. The minimum absolute atomic E-state index is 0. The molecular formula is C12H16Cl2N2O4. The average Bonchev–Trinajstić information content (AvgIpc) is 2.36. The number of methoxy groups -OCH3 is 1. The van der Waals surface area contributed by atoms with Gasteiger partial charge in [0.1, 0.15) is 5.02 Å². The zero-order valence-electron chi connectivity index (χ0n) is 11.3. The predicted molar refractivity (Wildman–Crippen MR) is 78.1 cm³/mol. The van der Waals surface area contributed by atoms with Crippen LogP contribution < -0.4 is 5.73 Å². The summed E-state index contributed by atoms with van der Waals surface area (Å²) in [4.78, 5) is 21.9. The quantitative estimate of drug-likeness (QED) is 0.522. The van der Waals surface area contributed by atoms with E-state index in [4.69, 9.17) is 17.3 Å². The Bertz CT molecular complexity index is 520. The zero-order chi connectivity index (χ0) is 14.8. The van der Waals surface area contributed by atoms with Crippen LogP contribution in [0.5, 0.6) is 0 Å². The molecule has 8 heteroatoms. The third-order valence-electron chi connectivity index (χ3n) is 3.02. The molecule has 0 aliphatic carbocycles. The lowest BCUT2D eigenvalue weighted by Gasteiger charge is -2.28. The van der Waals surface area contributed by atoms with Crippen molar-refractivity contribution in [2.45, 2.75) is 19.9 Å². The Morgan fingerprint density at radius 2 is 2.05 bits per heavy atom. The van der Waals surface area contributed by atoms with Gasteiger partial charge >= 0.3 is 5.97 Å². The number of nitro groups is 1. The fourth-order valence-electron chi connectivity index (χ4n) is 1.67. The molecule has 0 amide bonds. The normalized spacial score (nSPS) is 12.2. The first kappa shape index (κ1) is 18.6. The monoisotopic (exact) mass is 322 g/mol. The van der Waals surface area contributed by atoms with E-state index < -0.39 is 22.3 Å². The summed E-state index contributed by atoms with van der Waals surface area (Å²) >= 11 is 5.73. The average molecular weight is 323 g/mol. The number of nitrogens with zero attached hydrogens (tertiary/aromatic N) is 1. The Kier molecular flexibility index (Phi) is 6.40. The van der Waals surface area contributed by atoms with Crippen molar-refractivity contribution in [1.29, 1.82) is 0 Å². The zero-order valence-corrected chi connectivity index (χ0v) is 12.8. The lowest BCUT2D eigenvalue weighted by molar-refractivity contribution is -0.384. The highest BCUT2D eigenvalue weighted by Crippen LogP contribution is 2.35. The summed E-state index contributed by atoms with van der Waals surface area (Å²) in [5, 5.41) is 10.8. The van der Waals surface area contributed by atoms with E-state index in [9.17, 15) is 14.9 Å². The number of nitro benzene ring substituents is 1. The van der Waals surface area contributed by atoms with Gasteiger partial charge < -0.3 is 10.5 Å². The van der Waals surface area contributed by atoms with Gasteiger partial charge in [-0.1, -0.05) is 17.7 Å². The van der Waals surface area contributed by atoms with E-state index in [0.717, 1.165) is 0 Å². The topological polar surface area (TPSA) is 95.5 Å². The highest BCUT2D eigenvalue weighted by atomic mass is 35.5. The van der Waals surface area contributed by atoms with Crippen molar-refractivity contribution in [2.75, 3.05) is 7.11 Å².